The second-order valence-corrected chi connectivity index (χ2v) is 10.1. The van der Waals surface area contributed by atoms with Crippen LogP contribution in [0.3, 0.4) is 0 Å². The molecular weight excluding hydrogens is 408 g/mol. The molecule has 32 heavy (non-hydrogen) atoms. The fourth-order valence-corrected chi connectivity index (χ4v) is 6.86. The number of rotatable bonds is 4. The summed E-state index contributed by atoms with van der Waals surface area (Å²) in [5, 5.41) is 12.4. The molecular formula is C24H30N4O4. The molecule has 0 spiro atoms. The lowest BCUT2D eigenvalue weighted by Gasteiger charge is -2.57. The molecule has 4 bridgehead atoms. The highest BCUT2D eigenvalue weighted by Gasteiger charge is 2.60. The predicted octanol–water partition coefficient (Wildman–Crippen LogP) is 3.13. The number of nitrogens with two attached hydrogens (primary N) is 1. The van der Waals surface area contributed by atoms with Crippen LogP contribution >= 0.6 is 0 Å². The molecule has 0 radical (unpaired) electrons. The van der Waals surface area contributed by atoms with E-state index in [2.05, 4.69) is 11.4 Å². The van der Waals surface area contributed by atoms with Gasteiger partial charge in [0.25, 0.3) is 0 Å². The average molecular weight is 439 g/mol. The van der Waals surface area contributed by atoms with E-state index in [-0.39, 0.29) is 41.5 Å². The van der Waals surface area contributed by atoms with E-state index in [0.29, 0.717) is 30.3 Å². The second-order valence-electron chi connectivity index (χ2n) is 10.1. The van der Waals surface area contributed by atoms with Crippen LogP contribution in [0.4, 0.5) is 16.2 Å². The molecule has 8 heteroatoms. The topological polar surface area (TPSA) is 118 Å². The first kappa shape index (κ1) is 20.9. The van der Waals surface area contributed by atoms with Gasteiger partial charge in [-0.15, -0.1) is 0 Å². The molecule has 0 aromatic heterocycles. The highest BCUT2D eigenvalue weighted by atomic mass is 16.6. The third-order valence-corrected chi connectivity index (χ3v) is 8.03. The number of benzene rings is 1. The van der Waals surface area contributed by atoms with Crippen molar-refractivity contribution in [2.45, 2.75) is 50.7 Å². The van der Waals surface area contributed by atoms with Crippen LogP contribution in [0.5, 0.6) is 0 Å². The van der Waals surface area contributed by atoms with Crippen molar-refractivity contribution in [1.82, 2.24) is 4.90 Å². The number of hydrogen-bond acceptors (Lipinski definition) is 7. The Morgan fingerprint density at radius 2 is 2.00 bits per heavy atom. The SMILES string of the molecule is COC(=O)[C@]12CC3CC(C1)[C@@H](OC(=O)N1CC[C@@H](Nc4ccc(C#N)cc4N)C1)C(C3)C2. The maximum absolute atomic E-state index is 13.0. The van der Waals surface area contributed by atoms with E-state index in [1.165, 1.54) is 7.11 Å². The first-order valence-electron chi connectivity index (χ1n) is 11.5. The molecule has 1 amide bonds. The van der Waals surface area contributed by atoms with E-state index in [1.807, 2.05) is 0 Å². The van der Waals surface area contributed by atoms with Gasteiger partial charge in [-0.25, -0.2) is 4.79 Å². The Bertz CT molecular complexity index is 957. The van der Waals surface area contributed by atoms with Gasteiger partial charge in [-0.1, -0.05) is 0 Å². The van der Waals surface area contributed by atoms with Crippen molar-refractivity contribution in [2.75, 3.05) is 31.2 Å². The zero-order chi connectivity index (χ0) is 22.5. The van der Waals surface area contributed by atoms with Crippen LogP contribution in [-0.4, -0.2) is 49.3 Å². The van der Waals surface area contributed by atoms with E-state index in [9.17, 15) is 9.59 Å². The molecule has 4 saturated carbocycles. The maximum atomic E-state index is 13.0. The number of carbonyl (C=O) groups excluding carboxylic acids is 2. The lowest BCUT2D eigenvalue weighted by atomic mass is 9.48. The summed E-state index contributed by atoms with van der Waals surface area (Å²) in [7, 11) is 1.47. The number of amides is 1. The molecule has 5 aliphatic rings. The van der Waals surface area contributed by atoms with Crippen LogP contribution in [0.1, 0.15) is 44.1 Å². The van der Waals surface area contributed by atoms with Gasteiger partial charge in [0.2, 0.25) is 0 Å². The number of nitrogens with zero attached hydrogens (tertiary/aromatic N) is 2. The van der Waals surface area contributed by atoms with Crippen LogP contribution in [0.25, 0.3) is 0 Å². The number of ether oxygens (including phenoxy) is 2. The van der Waals surface area contributed by atoms with Gasteiger partial charge in [0.05, 0.1) is 35.5 Å². The van der Waals surface area contributed by atoms with Gasteiger partial charge in [-0.3, -0.25) is 4.79 Å². The van der Waals surface area contributed by atoms with E-state index < -0.39 is 0 Å². The maximum Gasteiger partial charge on any atom is 0.410 e. The number of likely N-dealkylation sites (tertiary alicyclic amines) is 1. The summed E-state index contributed by atoms with van der Waals surface area (Å²) in [5.41, 5.74) is 7.51. The van der Waals surface area contributed by atoms with Gasteiger partial charge in [0.15, 0.2) is 0 Å². The summed E-state index contributed by atoms with van der Waals surface area (Å²) in [4.78, 5) is 27.2. The van der Waals surface area contributed by atoms with Gasteiger partial charge in [-0.05, 0) is 74.5 Å². The highest BCUT2D eigenvalue weighted by molar-refractivity contribution is 5.77. The minimum Gasteiger partial charge on any atom is -0.469 e. The first-order valence-corrected chi connectivity index (χ1v) is 11.5. The number of anilines is 2. The van der Waals surface area contributed by atoms with Crippen LogP contribution in [0, 0.1) is 34.5 Å². The summed E-state index contributed by atoms with van der Waals surface area (Å²) < 4.78 is 11.2. The van der Waals surface area contributed by atoms with Crippen LogP contribution in [0.15, 0.2) is 18.2 Å². The molecule has 1 heterocycles. The minimum atomic E-state index is -0.363. The minimum absolute atomic E-state index is 0.0823. The fraction of sp³-hybridized carbons (Fsp3) is 0.625. The normalized spacial score (nSPS) is 34.8. The van der Waals surface area contributed by atoms with Crippen molar-refractivity contribution >= 4 is 23.4 Å². The molecule has 3 N–H and O–H groups in total. The Kier molecular flexibility index (Phi) is 5.15. The molecule has 3 atom stereocenters. The Labute approximate surface area is 188 Å². The molecule has 1 aliphatic heterocycles. The molecule has 5 fully saturated rings. The van der Waals surface area contributed by atoms with Crippen LogP contribution in [0.2, 0.25) is 0 Å². The average Bonchev–Trinajstić information content (AvgIpc) is 3.25. The molecule has 4 aliphatic carbocycles. The van der Waals surface area contributed by atoms with E-state index in [1.54, 1.807) is 23.1 Å². The highest BCUT2D eigenvalue weighted by Crippen LogP contribution is 2.61. The number of carbonyl (C=O) groups is 2. The standard InChI is InChI=1S/C24H30N4O4/c1-31-22(29)24-9-15-6-16(10-24)21(17(7-15)11-24)32-23(30)28-5-4-18(13-28)27-20-3-2-14(12-25)8-19(20)26/h2-3,8,15-18,21,27H,4-7,9-11,13,26H2,1H3/t15?,16?,17?,18-,21-,24-/m1/s1. The van der Waals surface area contributed by atoms with E-state index in [4.69, 9.17) is 20.5 Å². The summed E-state index contributed by atoms with van der Waals surface area (Å²) in [6.07, 6.45) is 4.99. The van der Waals surface area contributed by atoms with Crippen molar-refractivity contribution in [3.05, 3.63) is 23.8 Å². The molecule has 2 unspecified atom stereocenters. The molecule has 170 valence electrons. The van der Waals surface area contributed by atoms with Crippen LogP contribution < -0.4 is 11.1 Å². The lowest BCUT2D eigenvalue weighted by molar-refractivity contribution is -0.182. The van der Waals surface area contributed by atoms with Crippen molar-refractivity contribution in [3.8, 4) is 6.07 Å². The third kappa shape index (κ3) is 3.54. The number of methoxy groups -OCH3 is 1. The third-order valence-electron chi connectivity index (χ3n) is 8.03. The summed E-state index contributed by atoms with van der Waals surface area (Å²) >= 11 is 0. The van der Waals surface area contributed by atoms with E-state index >= 15 is 0 Å². The monoisotopic (exact) mass is 438 g/mol. The Morgan fingerprint density at radius 1 is 1.25 bits per heavy atom. The zero-order valence-electron chi connectivity index (χ0n) is 18.4. The molecule has 1 aromatic rings. The first-order chi connectivity index (χ1) is 15.4. The van der Waals surface area contributed by atoms with Gasteiger partial charge < -0.3 is 25.4 Å². The van der Waals surface area contributed by atoms with Gasteiger partial charge in [0.1, 0.15) is 6.10 Å². The second kappa shape index (κ2) is 7.88. The molecule has 6 rings (SSSR count). The lowest BCUT2D eigenvalue weighted by Crippen LogP contribution is -2.58. The molecule has 8 nitrogen and oxygen atoms in total. The van der Waals surface area contributed by atoms with Crippen molar-refractivity contribution in [1.29, 1.82) is 5.26 Å². The fourth-order valence-electron chi connectivity index (χ4n) is 6.86. The number of nitrogens with one attached hydrogen (secondary N) is 1. The summed E-state index contributed by atoms with van der Waals surface area (Å²) in [6.45, 7) is 1.18. The molecule has 1 saturated heterocycles. The largest absolute Gasteiger partial charge is 0.469 e. The quantitative estimate of drug-likeness (QED) is 0.548. The number of hydrogen-bond donors (Lipinski definition) is 2. The van der Waals surface area contributed by atoms with E-state index in [0.717, 1.165) is 44.2 Å². The zero-order valence-corrected chi connectivity index (χ0v) is 18.4. The number of esters is 1. The Morgan fingerprint density at radius 3 is 2.66 bits per heavy atom. The molecule has 1 aromatic carbocycles. The van der Waals surface area contributed by atoms with Crippen molar-refractivity contribution < 1.29 is 19.1 Å². The number of nitrogen functional groups attached to an aromatic ring is 1. The van der Waals surface area contributed by atoms with Gasteiger partial charge in [-0.2, -0.15) is 5.26 Å². The Balaban J connectivity index is 1.19. The summed E-state index contributed by atoms with van der Waals surface area (Å²) in [5.74, 6) is 0.954. The van der Waals surface area contributed by atoms with Gasteiger partial charge >= 0.3 is 12.1 Å². The predicted molar refractivity (Wildman–Crippen MR) is 117 cm³/mol. The van der Waals surface area contributed by atoms with Crippen LogP contribution in [-0.2, 0) is 14.3 Å². The van der Waals surface area contributed by atoms with Crippen molar-refractivity contribution in [3.63, 3.8) is 0 Å². The van der Waals surface area contributed by atoms with Crippen molar-refractivity contribution in [2.24, 2.45) is 23.2 Å². The Hall–Kier alpha value is -2.95. The smallest absolute Gasteiger partial charge is 0.410 e. The summed E-state index contributed by atoms with van der Waals surface area (Å²) in [6, 6.07) is 7.35. The number of nitriles is 1. The van der Waals surface area contributed by atoms with Gasteiger partial charge in [0, 0.05) is 19.1 Å².